The number of aromatic nitrogens is 1. The molecule has 0 amide bonds. The molecule has 0 bridgehead atoms. The van der Waals surface area contributed by atoms with Crippen LogP contribution >= 0.6 is 34.5 Å². The van der Waals surface area contributed by atoms with Gasteiger partial charge in [-0.1, -0.05) is 29.3 Å². The molecule has 2 aromatic heterocycles. The van der Waals surface area contributed by atoms with Crippen molar-refractivity contribution >= 4 is 46.2 Å². The molecule has 2 N–H and O–H groups in total. The lowest BCUT2D eigenvalue weighted by Gasteiger charge is -2.11. The van der Waals surface area contributed by atoms with E-state index >= 15 is 0 Å². The minimum Gasteiger partial charge on any atom is -0.369 e. The number of nitrogens with one attached hydrogen (secondary N) is 2. The Morgan fingerprint density at radius 3 is 2.58 bits per heavy atom. The first kappa shape index (κ1) is 14.4. The molecule has 19 heavy (non-hydrogen) atoms. The van der Waals surface area contributed by atoms with Crippen LogP contribution in [0.15, 0.2) is 23.6 Å². The summed E-state index contributed by atoms with van der Waals surface area (Å²) in [6, 6.07) is 5.88. The Balaban J connectivity index is 2.00. The van der Waals surface area contributed by atoms with Crippen molar-refractivity contribution in [2.75, 3.05) is 23.7 Å². The normalized spacial score (nSPS) is 10.5. The predicted molar refractivity (Wildman–Crippen MR) is 84.9 cm³/mol. The zero-order chi connectivity index (χ0) is 13.7. The molecule has 0 aliphatic heterocycles. The summed E-state index contributed by atoms with van der Waals surface area (Å²) in [6.07, 6.45) is 0.953. The lowest BCUT2D eigenvalue weighted by atomic mass is 10.3. The standard InChI is InChI=1S/C13H15Cl2N3S/c1-2-16-12-10(14)8-11(15)13(18-12)17-6-5-9-4-3-7-19-9/h3-4,7-8H,2,5-6H2,1H3,(H2,16,17,18). The first-order valence-electron chi connectivity index (χ1n) is 6.07. The van der Waals surface area contributed by atoms with Crippen LogP contribution in [0.1, 0.15) is 11.8 Å². The molecule has 0 fully saturated rings. The smallest absolute Gasteiger partial charge is 0.147 e. The van der Waals surface area contributed by atoms with Crippen molar-refractivity contribution in [2.24, 2.45) is 0 Å². The molecule has 102 valence electrons. The maximum atomic E-state index is 6.13. The summed E-state index contributed by atoms with van der Waals surface area (Å²) in [7, 11) is 0. The summed E-state index contributed by atoms with van der Waals surface area (Å²) in [5.41, 5.74) is 0. The van der Waals surface area contributed by atoms with Crippen molar-refractivity contribution in [2.45, 2.75) is 13.3 Å². The summed E-state index contributed by atoms with van der Waals surface area (Å²) in [4.78, 5) is 5.74. The van der Waals surface area contributed by atoms with Crippen LogP contribution in [0.3, 0.4) is 0 Å². The molecule has 0 saturated heterocycles. The van der Waals surface area contributed by atoms with Gasteiger partial charge in [-0.25, -0.2) is 4.98 Å². The monoisotopic (exact) mass is 315 g/mol. The fraction of sp³-hybridized carbons (Fsp3) is 0.308. The first-order chi connectivity index (χ1) is 9.20. The molecule has 2 heterocycles. The highest BCUT2D eigenvalue weighted by Gasteiger charge is 2.08. The summed E-state index contributed by atoms with van der Waals surface area (Å²) in [5, 5.41) is 9.50. The quantitative estimate of drug-likeness (QED) is 0.822. The third-order valence-corrected chi connectivity index (χ3v) is 4.03. The summed E-state index contributed by atoms with van der Waals surface area (Å²) < 4.78 is 0. The van der Waals surface area contributed by atoms with Crippen molar-refractivity contribution in [3.63, 3.8) is 0 Å². The van der Waals surface area contributed by atoms with E-state index in [4.69, 9.17) is 23.2 Å². The average molecular weight is 316 g/mol. The maximum absolute atomic E-state index is 6.13. The zero-order valence-corrected chi connectivity index (χ0v) is 12.9. The van der Waals surface area contributed by atoms with Gasteiger partial charge < -0.3 is 10.6 Å². The van der Waals surface area contributed by atoms with Gasteiger partial charge in [0.25, 0.3) is 0 Å². The molecule has 0 aromatic carbocycles. The van der Waals surface area contributed by atoms with Crippen molar-refractivity contribution in [3.05, 3.63) is 38.5 Å². The van der Waals surface area contributed by atoms with E-state index in [0.29, 0.717) is 21.7 Å². The lowest BCUT2D eigenvalue weighted by Crippen LogP contribution is -2.08. The number of halogens is 2. The Morgan fingerprint density at radius 1 is 1.21 bits per heavy atom. The van der Waals surface area contributed by atoms with Crippen LogP contribution in [0.4, 0.5) is 11.6 Å². The number of anilines is 2. The van der Waals surface area contributed by atoms with E-state index in [2.05, 4.69) is 33.1 Å². The van der Waals surface area contributed by atoms with Crippen LogP contribution in [0.5, 0.6) is 0 Å². The van der Waals surface area contributed by atoms with Gasteiger partial charge in [-0.2, -0.15) is 0 Å². The minimum absolute atomic E-state index is 0.538. The Labute approximate surface area is 127 Å². The largest absolute Gasteiger partial charge is 0.369 e. The van der Waals surface area contributed by atoms with Gasteiger partial charge in [0.05, 0.1) is 10.0 Å². The van der Waals surface area contributed by atoms with Crippen molar-refractivity contribution in [1.29, 1.82) is 0 Å². The molecule has 0 saturated carbocycles. The molecule has 2 aromatic rings. The number of hydrogen-bond donors (Lipinski definition) is 2. The highest BCUT2D eigenvalue weighted by Crippen LogP contribution is 2.29. The van der Waals surface area contributed by atoms with Gasteiger partial charge >= 0.3 is 0 Å². The minimum atomic E-state index is 0.538. The van der Waals surface area contributed by atoms with E-state index in [-0.39, 0.29) is 0 Å². The van der Waals surface area contributed by atoms with Crippen molar-refractivity contribution in [3.8, 4) is 0 Å². The molecule has 0 aliphatic rings. The first-order valence-corrected chi connectivity index (χ1v) is 7.70. The molecular formula is C13H15Cl2N3S. The molecule has 0 atom stereocenters. The molecule has 0 spiro atoms. The van der Waals surface area contributed by atoms with E-state index in [9.17, 15) is 0 Å². The van der Waals surface area contributed by atoms with Gasteiger partial charge in [-0.15, -0.1) is 11.3 Å². The van der Waals surface area contributed by atoms with Crippen molar-refractivity contribution < 1.29 is 0 Å². The number of nitrogens with zero attached hydrogens (tertiary/aromatic N) is 1. The van der Waals surface area contributed by atoms with Crippen LogP contribution in [-0.4, -0.2) is 18.1 Å². The fourth-order valence-electron chi connectivity index (χ4n) is 1.64. The Morgan fingerprint density at radius 2 is 1.95 bits per heavy atom. The van der Waals surface area contributed by atoms with Gasteiger partial charge in [0, 0.05) is 18.0 Å². The van der Waals surface area contributed by atoms with E-state index < -0.39 is 0 Å². The van der Waals surface area contributed by atoms with Crippen molar-refractivity contribution in [1.82, 2.24) is 4.98 Å². The molecule has 3 nitrogen and oxygen atoms in total. The summed E-state index contributed by atoms with van der Waals surface area (Å²) >= 11 is 13.9. The third kappa shape index (κ3) is 4.00. The molecular weight excluding hydrogens is 301 g/mol. The topological polar surface area (TPSA) is 37.0 Å². The fourth-order valence-corrected chi connectivity index (χ4v) is 2.84. The summed E-state index contributed by atoms with van der Waals surface area (Å²) in [6.45, 7) is 3.56. The lowest BCUT2D eigenvalue weighted by molar-refractivity contribution is 1.03. The number of hydrogen-bond acceptors (Lipinski definition) is 4. The number of thiophene rings is 1. The Hall–Kier alpha value is -0.970. The molecule has 0 unspecified atom stereocenters. The van der Waals surface area contributed by atoms with Crippen LogP contribution in [-0.2, 0) is 6.42 Å². The molecule has 0 aliphatic carbocycles. The highest BCUT2D eigenvalue weighted by atomic mass is 35.5. The van der Waals surface area contributed by atoms with Crippen LogP contribution in [0.2, 0.25) is 10.0 Å². The summed E-state index contributed by atoms with van der Waals surface area (Å²) in [5.74, 6) is 1.32. The second-order valence-corrected chi connectivity index (χ2v) is 5.78. The van der Waals surface area contributed by atoms with Gasteiger partial charge in [-0.3, -0.25) is 0 Å². The van der Waals surface area contributed by atoms with Crippen LogP contribution in [0, 0.1) is 0 Å². The highest BCUT2D eigenvalue weighted by molar-refractivity contribution is 7.09. The van der Waals surface area contributed by atoms with Gasteiger partial charge in [0.1, 0.15) is 11.6 Å². The van der Waals surface area contributed by atoms with Gasteiger partial charge in [0.15, 0.2) is 0 Å². The van der Waals surface area contributed by atoms with Gasteiger partial charge in [-0.05, 0) is 30.9 Å². The second kappa shape index (κ2) is 6.98. The Kier molecular flexibility index (Phi) is 5.31. The van der Waals surface area contributed by atoms with Crippen LogP contribution in [0.25, 0.3) is 0 Å². The Bertz CT molecular complexity index is 529. The number of pyridine rings is 1. The SMILES string of the molecule is CCNc1nc(NCCc2cccs2)c(Cl)cc1Cl. The third-order valence-electron chi connectivity index (χ3n) is 2.52. The molecule has 2 rings (SSSR count). The van der Waals surface area contributed by atoms with E-state index in [1.807, 2.05) is 6.92 Å². The average Bonchev–Trinajstić information content (AvgIpc) is 2.88. The zero-order valence-electron chi connectivity index (χ0n) is 10.5. The van der Waals surface area contributed by atoms with E-state index in [1.165, 1.54) is 4.88 Å². The van der Waals surface area contributed by atoms with E-state index in [0.717, 1.165) is 19.5 Å². The maximum Gasteiger partial charge on any atom is 0.147 e. The predicted octanol–water partition coefficient (Wildman–Crippen LogP) is 4.54. The van der Waals surface area contributed by atoms with Gasteiger partial charge in [0.2, 0.25) is 0 Å². The molecule has 6 heteroatoms. The second-order valence-electron chi connectivity index (χ2n) is 3.94. The number of rotatable bonds is 6. The molecule has 0 radical (unpaired) electrons. The van der Waals surface area contributed by atoms with E-state index in [1.54, 1.807) is 17.4 Å². The van der Waals surface area contributed by atoms with Crippen LogP contribution < -0.4 is 10.6 Å².